The first kappa shape index (κ1) is 29.0. The second-order valence-corrected chi connectivity index (χ2v) is 11.5. The molecule has 0 amide bonds. The van der Waals surface area contributed by atoms with E-state index >= 15 is 0 Å². The first-order chi connectivity index (χ1) is 17.7. The number of rotatable bonds is 12. The van der Waals surface area contributed by atoms with Gasteiger partial charge in [-0.05, 0) is 55.5 Å². The molecule has 3 aliphatic heterocycles. The first-order valence-corrected chi connectivity index (χ1v) is 14.7. The summed E-state index contributed by atoms with van der Waals surface area (Å²) in [7, 11) is 0. The molecule has 3 fully saturated rings. The smallest absolute Gasteiger partial charge is 0.190 e. The third-order valence-corrected chi connectivity index (χ3v) is 8.68. The second kappa shape index (κ2) is 12.0. The van der Waals surface area contributed by atoms with Crippen LogP contribution in [0.2, 0.25) is 0 Å². The van der Waals surface area contributed by atoms with Gasteiger partial charge in [0.05, 0.1) is 13.2 Å². The average molecular weight is 519 g/mol. The normalized spacial score (nSPS) is 30.2. The summed E-state index contributed by atoms with van der Waals surface area (Å²) in [5, 5.41) is 0. The minimum Gasteiger partial charge on any atom is -0.368 e. The van der Waals surface area contributed by atoms with Gasteiger partial charge >= 0.3 is 0 Å². The van der Waals surface area contributed by atoms with Crippen LogP contribution in [0.1, 0.15) is 107 Å². The van der Waals surface area contributed by atoms with E-state index in [0.29, 0.717) is 13.2 Å². The van der Waals surface area contributed by atoms with Gasteiger partial charge in [0.1, 0.15) is 24.4 Å². The maximum atomic E-state index is 6.73. The van der Waals surface area contributed by atoms with Crippen molar-refractivity contribution < 1.29 is 28.4 Å². The van der Waals surface area contributed by atoms with E-state index in [4.69, 9.17) is 28.4 Å². The Bertz CT molecular complexity index is 901. The van der Waals surface area contributed by atoms with Crippen molar-refractivity contribution in [2.24, 2.45) is 0 Å². The molecule has 6 nitrogen and oxygen atoms in total. The van der Waals surface area contributed by atoms with Gasteiger partial charge < -0.3 is 28.4 Å². The Hall–Kier alpha value is -1.02. The SMILES string of the molecule is CCCC1(CCC)O[C@H]2O[C@H]([C@H]3COC(CCC)(CCC)O3)[C@H](OCc3cc(C)c(C)c(C)c3C)[C@H]2O1. The molecule has 0 spiro atoms. The van der Waals surface area contributed by atoms with Crippen molar-refractivity contribution in [1.82, 2.24) is 0 Å². The number of aryl methyl sites for hydroxylation is 1. The maximum absolute atomic E-state index is 6.73. The lowest BCUT2D eigenvalue weighted by Crippen LogP contribution is -2.45. The van der Waals surface area contributed by atoms with Crippen molar-refractivity contribution in [1.29, 1.82) is 0 Å². The van der Waals surface area contributed by atoms with Crippen LogP contribution in [0.3, 0.4) is 0 Å². The number of hydrogen-bond donors (Lipinski definition) is 0. The van der Waals surface area contributed by atoms with Gasteiger partial charge in [0.25, 0.3) is 0 Å². The highest BCUT2D eigenvalue weighted by Crippen LogP contribution is 2.46. The van der Waals surface area contributed by atoms with Gasteiger partial charge in [-0.2, -0.15) is 0 Å². The van der Waals surface area contributed by atoms with Gasteiger partial charge in [-0.1, -0.05) is 59.4 Å². The molecule has 0 bridgehead atoms. The second-order valence-electron chi connectivity index (χ2n) is 11.5. The quantitative estimate of drug-likeness (QED) is 0.298. The van der Waals surface area contributed by atoms with Crippen molar-refractivity contribution in [2.45, 2.75) is 156 Å². The number of benzene rings is 1. The van der Waals surface area contributed by atoms with Gasteiger partial charge in [0.15, 0.2) is 17.9 Å². The van der Waals surface area contributed by atoms with Crippen molar-refractivity contribution >= 4 is 0 Å². The van der Waals surface area contributed by atoms with Crippen LogP contribution in [0.15, 0.2) is 6.07 Å². The van der Waals surface area contributed by atoms with Gasteiger partial charge in [-0.15, -0.1) is 0 Å². The molecule has 1 aromatic rings. The van der Waals surface area contributed by atoms with E-state index in [1.54, 1.807) is 0 Å². The van der Waals surface area contributed by atoms with Crippen molar-refractivity contribution in [2.75, 3.05) is 6.61 Å². The highest BCUT2D eigenvalue weighted by Gasteiger charge is 2.61. The highest BCUT2D eigenvalue weighted by molar-refractivity contribution is 5.43. The fraction of sp³-hybridized carbons (Fsp3) is 0.806. The predicted octanol–water partition coefficient (Wildman–Crippen LogP) is 6.95. The molecule has 6 heteroatoms. The molecule has 37 heavy (non-hydrogen) atoms. The van der Waals surface area contributed by atoms with Crippen LogP contribution in [-0.4, -0.2) is 48.9 Å². The molecule has 3 heterocycles. The van der Waals surface area contributed by atoms with Crippen molar-refractivity contribution in [3.63, 3.8) is 0 Å². The number of fused-ring (bicyclic) bond motifs is 1. The Morgan fingerprint density at radius 3 is 2.00 bits per heavy atom. The van der Waals surface area contributed by atoms with Crippen LogP contribution >= 0.6 is 0 Å². The Balaban J connectivity index is 1.58. The highest BCUT2D eigenvalue weighted by atomic mass is 16.9. The maximum Gasteiger partial charge on any atom is 0.190 e. The van der Waals surface area contributed by atoms with E-state index in [1.165, 1.54) is 27.8 Å². The summed E-state index contributed by atoms with van der Waals surface area (Å²) < 4.78 is 39.5. The van der Waals surface area contributed by atoms with E-state index in [-0.39, 0.29) is 24.4 Å². The summed E-state index contributed by atoms with van der Waals surface area (Å²) in [6.07, 6.45) is 5.92. The van der Waals surface area contributed by atoms with E-state index in [1.807, 2.05) is 0 Å². The lowest BCUT2D eigenvalue weighted by atomic mass is 9.95. The van der Waals surface area contributed by atoms with Gasteiger partial charge in [0, 0.05) is 25.7 Å². The van der Waals surface area contributed by atoms with E-state index in [0.717, 1.165) is 51.4 Å². The molecule has 0 aliphatic carbocycles. The average Bonchev–Trinajstić information content (AvgIpc) is 3.52. The molecule has 5 atom stereocenters. The standard InChI is InChI=1S/C31H50O6/c1-9-13-30(14-10-2)33-19-25(35-30)26-27(32-18-24-17-20(5)21(6)22(7)23(24)8)28-29(34-26)37-31(36-28,15-11-3)16-12-4/h17,25-29H,9-16,18-19H2,1-8H3/t25-,26-,27+,28-,29-/m1/s1. The molecule has 210 valence electrons. The molecule has 3 aliphatic rings. The summed E-state index contributed by atoms with van der Waals surface area (Å²) in [5.74, 6) is -1.13. The summed E-state index contributed by atoms with van der Waals surface area (Å²) in [6, 6.07) is 2.26. The lowest BCUT2D eigenvalue weighted by Gasteiger charge is -2.33. The molecule has 0 radical (unpaired) electrons. The third-order valence-electron chi connectivity index (χ3n) is 8.68. The first-order valence-electron chi connectivity index (χ1n) is 14.7. The largest absolute Gasteiger partial charge is 0.368 e. The Morgan fingerprint density at radius 2 is 1.38 bits per heavy atom. The summed E-state index contributed by atoms with van der Waals surface area (Å²) >= 11 is 0. The Kier molecular flexibility index (Phi) is 9.41. The third kappa shape index (κ3) is 5.80. The minimum atomic E-state index is -0.598. The number of ether oxygens (including phenoxy) is 6. The monoisotopic (exact) mass is 518 g/mol. The van der Waals surface area contributed by atoms with Gasteiger partial charge in [0.2, 0.25) is 0 Å². The molecular weight excluding hydrogens is 468 g/mol. The molecule has 0 unspecified atom stereocenters. The molecule has 1 aromatic carbocycles. The molecule has 0 aromatic heterocycles. The molecular formula is C31H50O6. The zero-order valence-corrected chi connectivity index (χ0v) is 24.5. The summed E-state index contributed by atoms with van der Waals surface area (Å²) in [6.45, 7) is 18.4. The zero-order chi connectivity index (χ0) is 26.8. The number of hydrogen-bond acceptors (Lipinski definition) is 6. The van der Waals surface area contributed by atoms with Crippen LogP contribution < -0.4 is 0 Å². The summed E-state index contributed by atoms with van der Waals surface area (Å²) in [5.41, 5.74) is 6.47. The molecule has 4 rings (SSSR count). The topological polar surface area (TPSA) is 55.4 Å². The van der Waals surface area contributed by atoms with Crippen LogP contribution in [0.25, 0.3) is 0 Å². The fourth-order valence-electron chi connectivity index (χ4n) is 6.49. The van der Waals surface area contributed by atoms with Gasteiger partial charge in [-0.25, -0.2) is 0 Å². The van der Waals surface area contributed by atoms with Gasteiger partial charge in [-0.3, -0.25) is 0 Å². The van der Waals surface area contributed by atoms with E-state index in [9.17, 15) is 0 Å². The zero-order valence-electron chi connectivity index (χ0n) is 24.5. The van der Waals surface area contributed by atoms with Crippen molar-refractivity contribution in [3.8, 4) is 0 Å². The van der Waals surface area contributed by atoms with Crippen LogP contribution in [0, 0.1) is 27.7 Å². The molecule has 0 saturated carbocycles. The lowest BCUT2D eigenvalue weighted by molar-refractivity contribution is -0.258. The molecule has 3 saturated heterocycles. The summed E-state index contributed by atoms with van der Waals surface area (Å²) in [4.78, 5) is 0. The Morgan fingerprint density at radius 1 is 0.757 bits per heavy atom. The van der Waals surface area contributed by atoms with Crippen LogP contribution in [-0.2, 0) is 35.0 Å². The Labute approximate surface area is 224 Å². The van der Waals surface area contributed by atoms with E-state index in [2.05, 4.69) is 61.5 Å². The van der Waals surface area contributed by atoms with Crippen molar-refractivity contribution in [3.05, 3.63) is 33.9 Å². The van der Waals surface area contributed by atoms with Crippen LogP contribution in [0.5, 0.6) is 0 Å². The predicted molar refractivity (Wildman–Crippen MR) is 145 cm³/mol. The minimum absolute atomic E-state index is 0.213. The van der Waals surface area contributed by atoms with E-state index < -0.39 is 17.9 Å². The van der Waals surface area contributed by atoms with Crippen LogP contribution in [0.4, 0.5) is 0 Å². The fourth-order valence-corrected chi connectivity index (χ4v) is 6.49. The molecule has 0 N–H and O–H groups in total.